The SMILES string of the molecule is COc1ccc(-c2csc3ncnc(Nc4cccc(C)c4C)c23)cc1OC. The van der Waals surface area contributed by atoms with Gasteiger partial charge < -0.3 is 14.8 Å². The number of methoxy groups -OCH3 is 2. The van der Waals surface area contributed by atoms with Crippen molar-refractivity contribution in [3.63, 3.8) is 0 Å². The molecule has 28 heavy (non-hydrogen) atoms. The normalized spacial score (nSPS) is 10.9. The van der Waals surface area contributed by atoms with Crippen molar-refractivity contribution < 1.29 is 9.47 Å². The van der Waals surface area contributed by atoms with Crippen LogP contribution in [0.4, 0.5) is 11.5 Å². The molecule has 0 saturated heterocycles. The summed E-state index contributed by atoms with van der Waals surface area (Å²) in [4.78, 5) is 9.93. The number of fused-ring (bicyclic) bond motifs is 1. The van der Waals surface area contributed by atoms with Crippen LogP contribution in [0.5, 0.6) is 11.5 Å². The molecule has 1 N–H and O–H groups in total. The number of thiophene rings is 1. The molecule has 0 spiro atoms. The largest absolute Gasteiger partial charge is 0.493 e. The van der Waals surface area contributed by atoms with Gasteiger partial charge >= 0.3 is 0 Å². The van der Waals surface area contributed by atoms with E-state index < -0.39 is 0 Å². The van der Waals surface area contributed by atoms with Gasteiger partial charge in [-0.05, 0) is 48.7 Å². The molecular formula is C22H21N3O2S. The number of anilines is 2. The number of hydrogen-bond acceptors (Lipinski definition) is 6. The second-order valence-electron chi connectivity index (χ2n) is 6.49. The summed E-state index contributed by atoms with van der Waals surface area (Å²) < 4.78 is 10.8. The zero-order valence-electron chi connectivity index (χ0n) is 16.2. The van der Waals surface area contributed by atoms with E-state index in [0.717, 1.165) is 32.8 Å². The lowest BCUT2D eigenvalue weighted by Crippen LogP contribution is -1.98. The minimum Gasteiger partial charge on any atom is -0.493 e. The van der Waals surface area contributed by atoms with Crippen LogP contribution in [0.25, 0.3) is 21.3 Å². The van der Waals surface area contributed by atoms with Crippen LogP contribution in [-0.4, -0.2) is 24.2 Å². The van der Waals surface area contributed by atoms with Gasteiger partial charge in [0.25, 0.3) is 0 Å². The van der Waals surface area contributed by atoms with Gasteiger partial charge in [0.2, 0.25) is 0 Å². The molecule has 2 heterocycles. The van der Waals surface area contributed by atoms with Crippen molar-refractivity contribution in [3.8, 4) is 22.6 Å². The fourth-order valence-electron chi connectivity index (χ4n) is 3.20. The molecule has 0 radical (unpaired) electrons. The predicted octanol–water partition coefficient (Wildman–Crippen LogP) is 5.74. The van der Waals surface area contributed by atoms with Gasteiger partial charge in [-0.3, -0.25) is 0 Å². The van der Waals surface area contributed by atoms with Crippen molar-refractivity contribution in [2.45, 2.75) is 13.8 Å². The Balaban J connectivity index is 1.85. The number of nitrogens with zero attached hydrogens (tertiary/aromatic N) is 2. The molecule has 2 aromatic heterocycles. The van der Waals surface area contributed by atoms with Crippen LogP contribution in [0.2, 0.25) is 0 Å². The molecule has 0 amide bonds. The van der Waals surface area contributed by atoms with E-state index in [-0.39, 0.29) is 0 Å². The number of aromatic nitrogens is 2. The Labute approximate surface area is 168 Å². The van der Waals surface area contributed by atoms with Crippen LogP contribution in [0.1, 0.15) is 11.1 Å². The van der Waals surface area contributed by atoms with E-state index >= 15 is 0 Å². The van der Waals surface area contributed by atoms with Crippen LogP contribution in [0.3, 0.4) is 0 Å². The van der Waals surface area contributed by atoms with Crippen LogP contribution in [-0.2, 0) is 0 Å². The smallest absolute Gasteiger partial charge is 0.161 e. The molecule has 2 aromatic carbocycles. The molecule has 0 atom stereocenters. The molecular weight excluding hydrogens is 370 g/mol. The third-order valence-electron chi connectivity index (χ3n) is 4.92. The Morgan fingerprint density at radius 1 is 0.964 bits per heavy atom. The summed E-state index contributed by atoms with van der Waals surface area (Å²) in [5, 5.41) is 6.61. The van der Waals surface area contributed by atoms with E-state index in [2.05, 4.69) is 46.6 Å². The second kappa shape index (κ2) is 7.48. The summed E-state index contributed by atoms with van der Waals surface area (Å²) in [5.41, 5.74) is 5.58. The van der Waals surface area contributed by atoms with Gasteiger partial charge in [0.15, 0.2) is 11.5 Å². The topological polar surface area (TPSA) is 56.3 Å². The zero-order chi connectivity index (χ0) is 19.7. The second-order valence-corrected chi connectivity index (χ2v) is 7.35. The first kappa shape index (κ1) is 18.3. The van der Waals surface area contributed by atoms with E-state index in [1.165, 1.54) is 11.1 Å². The summed E-state index contributed by atoms with van der Waals surface area (Å²) in [6.07, 6.45) is 1.60. The van der Waals surface area contributed by atoms with Gasteiger partial charge in [-0.15, -0.1) is 11.3 Å². The van der Waals surface area contributed by atoms with E-state index in [0.29, 0.717) is 11.5 Å². The van der Waals surface area contributed by atoms with Gasteiger partial charge in [0.1, 0.15) is 17.0 Å². The van der Waals surface area contributed by atoms with Crippen molar-refractivity contribution in [1.82, 2.24) is 9.97 Å². The Morgan fingerprint density at radius 2 is 1.79 bits per heavy atom. The first-order chi connectivity index (χ1) is 13.6. The lowest BCUT2D eigenvalue weighted by Gasteiger charge is -2.13. The Kier molecular flexibility index (Phi) is 4.88. The van der Waals surface area contributed by atoms with Gasteiger partial charge in [0.05, 0.1) is 19.6 Å². The Hall–Kier alpha value is -3.12. The number of nitrogens with one attached hydrogen (secondary N) is 1. The highest BCUT2D eigenvalue weighted by Gasteiger charge is 2.16. The van der Waals surface area contributed by atoms with Crippen molar-refractivity contribution in [2.24, 2.45) is 0 Å². The summed E-state index contributed by atoms with van der Waals surface area (Å²) in [6, 6.07) is 12.1. The number of aryl methyl sites for hydroxylation is 1. The molecule has 0 aliphatic carbocycles. The van der Waals surface area contributed by atoms with Crippen molar-refractivity contribution in [3.05, 3.63) is 59.2 Å². The molecule has 142 valence electrons. The van der Waals surface area contributed by atoms with Gasteiger partial charge in [-0.25, -0.2) is 9.97 Å². The number of benzene rings is 2. The summed E-state index contributed by atoms with van der Waals surface area (Å²) in [5.74, 6) is 2.20. The number of ether oxygens (including phenoxy) is 2. The van der Waals surface area contributed by atoms with Gasteiger partial charge in [0, 0.05) is 16.6 Å². The molecule has 0 bridgehead atoms. The quantitative estimate of drug-likeness (QED) is 0.470. The van der Waals surface area contributed by atoms with E-state index in [1.54, 1.807) is 31.9 Å². The Morgan fingerprint density at radius 3 is 2.57 bits per heavy atom. The molecule has 0 saturated carbocycles. The van der Waals surface area contributed by atoms with Crippen molar-refractivity contribution in [1.29, 1.82) is 0 Å². The molecule has 0 unspecified atom stereocenters. The van der Waals surface area contributed by atoms with Crippen molar-refractivity contribution in [2.75, 3.05) is 19.5 Å². The standard InChI is InChI=1S/C22H21N3O2S/c1-13-6-5-7-17(14(13)2)25-21-20-16(11-28-22(20)24-12-23-21)15-8-9-18(26-3)19(10-15)27-4/h5-12H,1-4H3,(H,23,24,25). The molecule has 0 fully saturated rings. The van der Waals surface area contributed by atoms with Crippen LogP contribution < -0.4 is 14.8 Å². The zero-order valence-corrected chi connectivity index (χ0v) is 17.1. The highest BCUT2D eigenvalue weighted by molar-refractivity contribution is 7.17. The maximum atomic E-state index is 5.47. The van der Waals surface area contributed by atoms with E-state index in [1.807, 2.05) is 24.3 Å². The highest BCUT2D eigenvalue weighted by atomic mass is 32.1. The molecule has 4 aromatic rings. The first-order valence-electron chi connectivity index (χ1n) is 8.90. The fourth-order valence-corrected chi connectivity index (χ4v) is 4.12. The van der Waals surface area contributed by atoms with Crippen LogP contribution >= 0.6 is 11.3 Å². The Bertz CT molecular complexity index is 1150. The van der Waals surface area contributed by atoms with Crippen molar-refractivity contribution >= 4 is 33.1 Å². The van der Waals surface area contributed by atoms with Crippen LogP contribution in [0, 0.1) is 13.8 Å². The number of rotatable bonds is 5. The molecule has 0 aliphatic rings. The summed E-state index contributed by atoms with van der Waals surface area (Å²) >= 11 is 1.60. The van der Waals surface area contributed by atoms with Gasteiger partial charge in [-0.1, -0.05) is 18.2 Å². The van der Waals surface area contributed by atoms with Gasteiger partial charge in [-0.2, -0.15) is 0 Å². The fraction of sp³-hybridized carbons (Fsp3) is 0.182. The predicted molar refractivity (Wildman–Crippen MR) is 115 cm³/mol. The molecule has 4 rings (SSSR count). The molecule has 0 aliphatic heterocycles. The maximum absolute atomic E-state index is 5.47. The maximum Gasteiger partial charge on any atom is 0.161 e. The minimum absolute atomic E-state index is 0.695. The monoisotopic (exact) mass is 391 g/mol. The minimum atomic E-state index is 0.695. The lowest BCUT2D eigenvalue weighted by molar-refractivity contribution is 0.355. The average Bonchev–Trinajstić information content (AvgIpc) is 3.16. The first-order valence-corrected chi connectivity index (χ1v) is 9.78. The number of hydrogen-bond donors (Lipinski definition) is 1. The van der Waals surface area contributed by atoms with E-state index in [4.69, 9.17) is 9.47 Å². The molecule has 6 heteroatoms. The third kappa shape index (κ3) is 3.16. The average molecular weight is 391 g/mol. The van der Waals surface area contributed by atoms with Crippen LogP contribution in [0.15, 0.2) is 48.1 Å². The summed E-state index contributed by atoms with van der Waals surface area (Å²) in [7, 11) is 3.28. The molecule has 5 nitrogen and oxygen atoms in total. The summed E-state index contributed by atoms with van der Waals surface area (Å²) in [6.45, 7) is 4.22. The highest BCUT2D eigenvalue weighted by Crippen LogP contribution is 2.40. The lowest BCUT2D eigenvalue weighted by atomic mass is 10.0. The third-order valence-corrected chi connectivity index (χ3v) is 5.81. The van der Waals surface area contributed by atoms with E-state index in [9.17, 15) is 0 Å².